The second-order valence-corrected chi connectivity index (χ2v) is 5.66. The number of carbonyl (C=O) groups is 1. The van der Waals surface area contributed by atoms with Crippen molar-refractivity contribution in [3.63, 3.8) is 0 Å². The van der Waals surface area contributed by atoms with Crippen LogP contribution in [0.15, 0.2) is 36.7 Å². The maximum absolute atomic E-state index is 11.8. The number of nitrogens with one attached hydrogen (secondary N) is 2. The van der Waals surface area contributed by atoms with Crippen molar-refractivity contribution in [1.29, 1.82) is 0 Å². The first-order chi connectivity index (χ1) is 10.5. The highest BCUT2D eigenvalue weighted by Crippen LogP contribution is 2.11. The predicted molar refractivity (Wildman–Crippen MR) is 88.3 cm³/mol. The summed E-state index contributed by atoms with van der Waals surface area (Å²) in [6, 6.07) is 7.82. The molecule has 0 aliphatic carbocycles. The van der Waals surface area contributed by atoms with Gasteiger partial charge in [-0.25, -0.2) is 9.97 Å². The van der Waals surface area contributed by atoms with Crippen LogP contribution in [-0.2, 0) is 6.42 Å². The van der Waals surface area contributed by atoms with Crippen molar-refractivity contribution < 1.29 is 4.79 Å². The van der Waals surface area contributed by atoms with Gasteiger partial charge in [-0.05, 0) is 38.0 Å². The van der Waals surface area contributed by atoms with E-state index < -0.39 is 0 Å². The Labute approximate surface area is 135 Å². The summed E-state index contributed by atoms with van der Waals surface area (Å²) in [6.45, 7) is 4.51. The van der Waals surface area contributed by atoms with Gasteiger partial charge in [-0.1, -0.05) is 23.7 Å². The normalized spacial score (nSPS) is 10.5. The number of hydrogen-bond donors (Lipinski definition) is 2. The molecule has 22 heavy (non-hydrogen) atoms. The van der Waals surface area contributed by atoms with Crippen LogP contribution in [0.2, 0.25) is 5.02 Å². The Morgan fingerprint density at radius 3 is 2.73 bits per heavy atom. The first-order valence-electron chi connectivity index (χ1n) is 7.16. The quantitative estimate of drug-likeness (QED) is 0.859. The van der Waals surface area contributed by atoms with Crippen LogP contribution in [-0.4, -0.2) is 28.5 Å². The first kappa shape index (κ1) is 16.2. The lowest BCUT2D eigenvalue weighted by molar-refractivity contribution is 0.0937. The van der Waals surface area contributed by atoms with E-state index in [9.17, 15) is 4.79 Å². The van der Waals surface area contributed by atoms with Gasteiger partial charge in [0.15, 0.2) is 0 Å². The predicted octanol–water partition coefficient (Wildman–Crippen LogP) is 2.92. The van der Waals surface area contributed by atoms with Gasteiger partial charge in [0.2, 0.25) is 0 Å². The second kappa shape index (κ2) is 7.75. The molecule has 5 nitrogen and oxygen atoms in total. The van der Waals surface area contributed by atoms with E-state index in [4.69, 9.17) is 11.6 Å². The zero-order chi connectivity index (χ0) is 15.9. The van der Waals surface area contributed by atoms with Gasteiger partial charge < -0.3 is 10.6 Å². The largest absolute Gasteiger partial charge is 0.368 e. The molecule has 0 saturated heterocycles. The summed E-state index contributed by atoms with van der Waals surface area (Å²) < 4.78 is 0. The van der Waals surface area contributed by atoms with Crippen molar-refractivity contribution in [2.45, 2.75) is 26.3 Å². The monoisotopic (exact) mass is 318 g/mol. The molecule has 2 aromatic rings. The average Bonchev–Trinajstić information content (AvgIpc) is 2.47. The highest BCUT2D eigenvalue weighted by Gasteiger charge is 2.08. The molecule has 0 radical (unpaired) electrons. The van der Waals surface area contributed by atoms with Gasteiger partial charge >= 0.3 is 0 Å². The van der Waals surface area contributed by atoms with E-state index in [0.29, 0.717) is 18.1 Å². The minimum absolute atomic E-state index is 0.0739. The zero-order valence-corrected chi connectivity index (χ0v) is 13.4. The molecule has 2 N–H and O–H groups in total. The lowest BCUT2D eigenvalue weighted by Gasteiger charge is -2.08. The molecule has 0 aliphatic rings. The van der Waals surface area contributed by atoms with E-state index in [2.05, 4.69) is 20.6 Å². The lowest BCUT2D eigenvalue weighted by atomic mass is 10.1. The molecule has 0 aliphatic heterocycles. The van der Waals surface area contributed by atoms with Crippen LogP contribution in [0.4, 0.5) is 5.82 Å². The van der Waals surface area contributed by atoms with Crippen molar-refractivity contribution in [3.05, 3.63) is 52.9 Å². The summed E-state index contributed by atoms with van der Waals surface area (Å²) in [6.07, 6.45) is 3.87. The molecule has 0 saturated carbocycles. The topological polar surface area (TPSA) is 66.9 Å². The van der Waals surface area contributed by atoms with Crippen molar-refractivity contribution in [2.24, 2.45) is 0 Å². The summed E-state index contributed by atoms with van der Waals surface area (Å²) >= 11 is 5.94. The van der Waals surface area contributed by atoms with E-state index >= 15 is 0 Å². The molecule has 0 spiro atoms. The van der Waals surface area contributed by atoms with Gasteiger partial charge in [-0.3, -0.25) is 4.79 Å². The SMILES string of the molecule is CC(C)NC(=O)c1cnc(NCCc2cccc(Cl)c2)cn1. The maximum atomic E-state index is 11.8. The number of carbonyl (C=O) groups excluding carboxylic acids is 1. The molecule has 0 bridgehead atoms. The van der Waals surface area contributed by atoms with Crippen molar-refractivity contribution >= 4 is 23.3 Å². The third-order valence-corrected chi connectivity index (χ3v) is 3.15. The average molecular weight is 319 g/mol. The standard InChI is InChI=1S/C16H19ClN4O/c1-11(2)21-16(22)14-9-20-15(10-19-14)18-7-6-12-4-3-5-13(17)8-12/h3-5,8-11H,6-7H2,1-2H3,(H,18,20)(H,21,22). The summed E-state index contributed by atoms with van der Waals surface area (Å²) in [5.74, 6) is 0.427. The minimum atomic E-state index is -0.215. The van der Waals surface area contributed by atoms with Crippen LogP contribution in [0.3, 0.4) is 0 Å². The Balaban J connectivity index is 1.85. The number of aromatic nitrogens is 2. The molecule has 2 rings (SSSR count). The van der Waals surface area contributed by atoms with E-state index in [1.807, 2.05) is 38.1 Å². The summed E-state index contributed by atoms with van der Waals surface area (Å²) in [5, 5.41) is 6.68. The fraction of sp³-hybridized carbons (Fsp3) is 0.312. The van der Waals surface area contributed by atoms with Gasteiger partial charge in [-0.2, -0.15) is 0 Å². The molecular weight excluding hydrogens is 300 g/mol. The lowest BCUT2D eigenvalue weighted by Crippen LogP contribution is -2.30. The highest BCUT2D eigenvalue weighted by atomic mass is 35.5. The number of nitrogens with zero attached hydrogens (tertiary/aromatic N) is 2. The van der Waals surface area contributed by atoms with Crippen LogP contribution >= 0.6 is 11.6 Å². The van der Waals surface area contributed by atoms with Crippen LogP contribution in [0, 0.1) is 0 Å². The Morgan fingerprint density at radius 2 is 2.09 bits per heavy atom. The van der Waals surface area contributed by atoms with Gasteiger partial charge in [-0.15, -0.1) is 0 Å². The molecule has 1 amide bonds. The maximum Gasteiger partial charge on any atom is 0.271 e. The number of benzene rings is 1. The van der Waals surface area contributed by atoms with Crippen LogP contribution in [0.25, 0.3) is 0 Å². The summed E-state index contributed by atoms with van der Waals surface area (Å²) in [7, 11) is 0. The molecule has 1 aromatic heterocycles. The van der Waals surface area contributed by atoms with Crippen LogP contribution in [0.1, 0.15) is 29.9 Å². The molecule has 1 aromatic carbocycles. The fourth-order valence-corrected chi connectivity index (χ4v) is 2.11. The molecular formula is C16H19ClN4O. The summed E-state index contributed by atoms with van der Waals surface area (Å²) in [4.78, 5) is 20.1. The Kier molecular flexibility index (Phi) is 5.72. The zero-order valence-electron chi connectivity index (χ0n) is 12.6. The molecule has 6 heteroatoms. The second-order valence-electron chi connectivity index (χ2n) is 5.22. The Hall–Kier alpha value is -2.14. The number of halogens is 1. The van der Waals surface area contributed by atoms with Crippen molar-refractivity contribution in [2.75, 3.05) is 11.9 Å². The van der Waals surface area contributed by atoms with Crippen molar-refractivity contribution in [1.82, 2.24) is 15.3 Å². The van der Waals surface area contributed by atoms with Crippen LogP contribution in [0.5, 0.6) is 0 Å². The first-order valence-corrected chi connectivity index (χ1v) is 7.53. The van der Waals surface area contributed by atoms with Gasteiger partial charge in [0.1, 0.15) is 11.5 Å². The fourth-order valence-electron chi connectivity index (χ4n) is 1.90. The van der Waals surface area contributed by atoms with E-state index in [1.165, 1.54) is 6.20 Å². The number of rotatable bonds is 6. The smallest absolute Gasteiger partial charge is 0.271 e. The van der Waals surface area contributed by atoms with Gasteiger partial charge in [0.25, 0.3) is 5.91 Å². The third kappa shape index (κ3) is 5.00. The highest BCUT2D eigenvalue weighted by molar-refractivity contribution is 6.30. The molecule has 116 valence electrons. The van der Waals surface area contributed by atoms with E-state index in [-0.39, 0.29) is 11.9 Å². The van der Waals surface area contributed by atoms with E-state index in [0.717, 1.165) is 17.0 Å². The van der Waals surface area contributed by atoms with Crippen LogP contribution < -0.4 is 10.6 Å². The number of hydrogen-bond acceptors (Lipinski definition) is 4. The molecule has 0 unspecified atom stereocenters. The van der Waals surface area contributed by atoms with Gasteiger partial charge in [0, 0.05) is 17.6 Å². The third-order valence-electron chi connectivity index (χ3n) is 2.91. The molecule has 0 fully saturated rings. The molecule has 0 atom stereocenters. The number of amides is 1. The Morgan fingerprint density at radius 1 is 1.27 bits per heavy atom. The minimum Gasteiger partial charge on any atom is -0.368 e. The summed E-state index contributed by atoms with van der Waals surface area (Å²) in [5.41, 5.74) is 1.47. The number of anilines is 1. The van der Waals surface area contributed by atoms with E-state index in [1.54, 1.807) is 6.20 Å². The van der Waals surface area contributed by atoms with Gasteiger partial charge in [0.05, 0.1) is 12.4 Å². The molecule has 1 heterocycles. The van der Waals surface area contributed by atoms with Crippen molar-refractivity contribution in [3.8, 4) is 0 Å². The Bertz CT molecular complexity index is 628.